The Hall–Kier alpha value is -2.99. The molecular formula is C27H32F6N2O5. The molecule has 0 bridgehead atoms. The zero-order chi connectivity index (χ0) is 29.8. The molecule has 0 aromatic heterocycles. The van der Waals surface area contributed by atoms with E-state index in [0.717, 1.165) is 12.1 Å². The number of carboxylic acids is 1. The van der Waals surface area contributed by atoms with Crippen molar-refractivity contribution in [1.82, 2.24) is 9.80 Å². The van der Waals surface area contributed by atoms with Crippen LogP contribution in [0.25, 0.3) is 0 Å². The lowest BCUT2D eigenvalue weighted by molar-refractivity contribution is -0.200. The van der Waals surface area contributed by atoms with E-state index in [-0.39, 0.29) is 5.92 Å². The van der Waals surface area contributed by atoms with Gasteiger partial charge in [-0.3, -0.25) is 4.79 Å². The van der Waals surface area contributed by atoms with Gasteiger partial charge in [0.2, 0.25) is 5.91 Å². The Morgan fingerprint density at radius 1 is 1.02 bits per heavy atom. The van der Waals surface area contributed by atoms with Crippen LogP contribution in [0.3, 0.4) is 0 Å². The molecule has 3 fully saturated rings. The van der Waals surface area contributed by atoms with Gasteiger partial charge in [-0.1, -0.05) is 6.07 Å². The van der Waals surface area contributed by atoms with E-state index >= 15 is 13.2 Å². The van der Waals surface area contributed by atoms with Crippen molar-refractivity contribution in [3.05, 3.63) is 35.1 Å². The molecule has 2 atom stereocenters. The van der Waals surface area contributed by atoms with E-state index in [9.17, 15) is 32.7 Å². The van der Waals surface area contributed by atoms with Crippen LogP contribution in [-0.2, 0) is 20.2 Å². The van der Waals surface area contributed by atoms with Gasteiger partial charge in [0.1, 0.15) is 22.9 Å². The minimum atomic E-state index is -4.93. The van der Waals surface area contributed by atoms with Crippen molar-refractivity contribution in [2.75, 3.05) is 19.6 Å². The Kier molecular flexibility index (Phi) is 7.59. The molecule has 3 aliphatic rings. The minimum Gasteiger partial charge on any atom is -0.480 e. The van der Waals surface area contributed by atoms with E-state index in [2.05, 4.69) is 0 Å². The molecule has 0 spiro atoms. The van der Waals surface area contributed by atoms with E-state index in [1.165, 1.54) is 11.0 Å². The van der Waals surface area contributed by atoms with Gasteiger partial charge >= 0.3 is 18.2 Å². The number of likely N-dealkylation sites (tertiary alicyclic amines) is 2. The summed E-state index contributed by atoms with van der Waals surface area (Å²) in [6, 6.07) is 1.35. The molecule has 1 N–H and O–H groups in total. The molecule has 7 nitrogen and oxygen atoms in total. The Morgan fingerprint density at radius 3 is 2.10 bits per heavy atom. The quantitative estimate of drug-likeness (QED) is 0.455. The SMILES string of the molecule is CC(C)(C)OC(=O)N1CCC(c2ccc(C(F)(F)C3C[C@@H](C(=O)O)N(C(=O)C4(C(F)(F)F)CC4)C3)c(F)c2)CC1. The number of nitrogens with zero attached hydrogens (tertiary/aromatic N) is 2. The first-order chi connectivity index (χ1) is 18.4. The Balaban J connectivity index is 1.47. The second-order valence-electron chi connectivity index (χ2n) is 11.9. The van der Waals surface area contributed by atoms with E-state index < -0.39 is 90.2 Å². The van der Waals surface area contributed by atoms with Crippen LogP contribution in [0.4, 0.5) is 31.1 Å². The van der Waals surface area contributed by atoms with Crippen LogP contribution in [0.1, 0.15) is 69.9 Å². The fourth-order valence-electron chi connectivity index (χ4n) is 5.57. The molecular weight excluding hydrogens is 546 g/mol. The number of halogens is 6. The summed E-state index contributed by atoms with van der Waals surface area (Å²) in [4.78, 5) is 38.6. The molecule has 0 radical (unpaired) electrons. The van der Waals surface area contributed by atoms with Crippen molar-refractivity contribution in [2.45, 2.75) is 82.5 Å². The highest BCUT2D eigenvalue weighted by Gasteiger charge is 2.71. The topological polar surface area (TPSA) is 87.2 Å². The smallest absolute Gasteiger partial charge is 0.410 e. The van der Waals surface area contributed by atoms with Gasteiger partial charge in [-0.2, -0.15) is 13.2 Å². The maximum atomic E-state index is 15.5. The number of benzene rings is 1. The summed E-state index contributed by atoms with van der Waals surface area (Å²) in [5.74, 6) is -10.5. The second kappa shape index (κ2) is 10.1. The Labute approximate surface area is 227 Å². The van der Waals surface area contributed by atoms with Gasteiger partial charge in [0.05, 0.1) is 5.56 Å². The lowest BCUT2D eigenvalue weighted by Crippen LogP contribution is -2.48. The molecule has 1 unspecified atom stereocenters. The van der Waals surface area contributed by atoms with Crippen LogP contribution in [0, 0.1) is 17.2 Å². The van der Waals surface area contributed by atoms with Crippen LogP contribution in [0.2, 0.25) is 0 Å². The zero-order valence-electron chi connectivity index (χ0n) is 22.4. The molecule has 1 saturated carbocycles. The first-order valence-corrected chi connectivity index (χ1v) is 13.1. The number of alkyl halides is 5. The van der Waals surface area contributed by atoms with Crippen molar-refractivity contribution in [2.24, 2.45) is 11.3 Å². The Bertz CT molecular complexity index is 1170. The molecule has 2 heterocycles. The number of ether oxygens (including phenoxy) is 1. The monoisotopic (exact) mass is 578 g/mol. The molecule has 2 aliphatic heterocycles. The highest BCUT2D eigenvalue weighted by atomic mass is 19.4. The number of aliphatic carboxylic acids is 1. The molecule has 222 valence electrons. The van der Waals surface area contributed by atoms with Gasteiger partial charge in [0.15, 0.2) is 0 Å². The predicted octanol–water partition coefficient (Wildman–Crippen LogP) is 5.68. The summed E-state index contributed by atoms with van der Waals surface area (Å²) in [7, 11) is 0. The summed E-state index contributed by atoms with van der Waals surface area (Å²) in [5, 5.41) is 9.49. The lowest BCUT2D eigenvalue weighted by atomic mass is 9.86. The number of rotatable bonds is 5. The van der Waals surface area contributed by atoms with Gasteiger partial charge in [0.25, 0.3) is 5.92 Å². The van der Waals surface area contributed by atoms with Gasteiger partial charge in [0, 0.05) is 25.6 Å². The van der Waals surface area contributed by atoms with Gasteiger partial charge in [-0.05, 0) is 76.5 Å². The van der Waals surface area contributed by atoms with Gasteiger partial charge in [-0.25, -0.2) is 22.8 Å². The molecule has 2 saturated heterocycles. The number of carbonyl (C=O) groups excluding carboxylic acids is 2. The van der Waals surface area contributed by atoms with E-state index in [0.29, 0.717) is 36.4 Å². The lowest BCUT2D eigenvalue weighted by Gasteiger charge is -2.34. The molecule has 4 rings (SSSR count). The average molecular weight is 579 g/mol. The van der Waals surface area contributed by atoms with E-state index in [1.54, 1.807) is 20.8 Å². The summed E-state index contributed by atoms with van der Waals surface area (Å²) in [6.45, 7) is 4.96. The highest BCUT2D eigenvalue weighted by molar-refractivity contribution is 5.90. The van der Waals surface area contributed by atoms with Crippen molar-refractivity contribution < 1.29 is 50.6 Å². The van der Waals surface area contributed by atoms with Crippen LogP contribution >= 0.6 is 0 Å². The van der Waals surface area contributed by atoms with Crippen molar-refractivity contribution in [3.8, 4) is 0 Å². The normalized spacial score (nSPS) is 23.7. The summed E-state index contributed by atoms with van der Waals surface area (Å²) >= 11 is 0. The fraction of sp³-hybridized carbons (Fsp3) is 0.667. The summed E-state index contributed by atoms with van der Waals surface area (Å²) in [6.07, 6.45) is -6.38. The first-order valence-electron chi connectivity index (χ1n) is 13.1. The number of carbonyl (C=O) groups is 3. The molecule has 1 aromatic carbocycles. The fourth-order valence-corrected chi connectivity index (χ4v) is 5.57. The number of amides is 2. The van der Waals surface area contributed by atoms with E-state index in [4.69, 9.17) is 4.74 Å². The first kappa shape index (κ1) is 30.0. The number of piperidine rings is 1. The van der Waals surface area contributed by atoms with Crippen LogP contribution in [0.5, 0.6) is 0 Å². The molecule has 13 heteroatoms. The van der Waals surface area contributed by atoms with Crippen LogP contribution in [-0.4, -0.2) is 70.3 Å². The third kappa shape index (κ3) is 5.60. The molecule has 1 aliphatic carbocycles. The van der Waals surface area contributed by atoms with Gasteiger partial charge < -0.3 is 19.6 Å². The second-order valence-corrected chi connectivity index (χ2v) is 11.9. The zero-order valence-corrected chi connectivity index (χ0v) is 22.4. The van der Waals surface area contributed by atoms with Crippen LogP contribution < -0.4 is 0 Å². The standard InChI is InChI=1S/C27H32F6N2O5/c1-24(2,3)40-23(39)34-10-6-15(7-11-34)16-4-5-18(19(28)12-16)26(29,30)17-13-20(21(36)37)35(14-17)22(38)25(8-9-25)27(31,32)33/h4-5,12,15,17,20H,6-11,13-14H2,1-3H3,(H,36,37)/t17?,20-/m0/s1. The van der Waals surface area contributed by atoms with Crippen molar-refractivity contribution in [1.29, 1.82) is 0 Å². The Morgan fingerprint density at radius 2 is 1.62 bits per heavy atom. The third-order valence-electron chi connectivity index (χ3n) is 8.03. The van der Waals surface area contributed by atoms with Crippen molar-refractivity contribution >= 4 is 18.0 Å². The summed E-state index contributed by atoms with van der Waals surface area (Å²) in [5.41, 5.74) is -3.98. The van der Waals surface area contributed by atoms with Crippen LogP contribution in [0.15, 0.2) is 18.2 Å². The molecule has 1 aromatic rings. The van der Waals surface area contributed by atoms with Crippen molar-refractivity contribution in [3.63, 3.8) is 0 Å². The highest BCUT2D eigenvalue weighted by Crippen LogP contribution is 2.59. The maximum absolute atomic E-state index is 15.5. The van der Waals surface area contributed by atoms with E-state index in [1.807, 2.05) is 0 Å². The molecule has 40 heavy (non-hydrogen) atoms. The number of hydrogen-bond donors (Lipinski definition) is 1. The summed E-state index contributed by atoms with van der Waals surface area (Å²) < 4.78 is 92.0. The molecule has 2 amide bonds. The van der Waals surface area contributed by atoms with Gasteiger partial charge in [-0.15, -0.1) is 0 Å². The third-order valence-corrected chi connectivity index (χ3v) is 8.03. The average Bonchev–Trinajstić information content (AvgIpc) is 3.54. The maximum Gasteiger partial charge on any atom is 0.410 e. The largest absolute Gasteiger partial charge is 0.480 e. The predicted molar refractivity (Wildman–Crippen MR) is 129 cm³/mol. The number of hydrogen-bond acceptors (Lipinski definition) is 4. The minimum absolute atomic E-state index is 0.205. The number of carboxylic acid groups (broad SMARTS) is 1.